The lowest BCUT2D eigenvalue weighted by atomic mass is 9.98. The number of carboxylic acid groups (broad SMARTS) is 1. The van der Waals surface area contributed by atoms with Crippen LogP contribution in [0.5, 0.6) is 0 Å². The summed E-state index contributed by atoms with van der Waals surface area (Å²) in [4.78, 5) is 10.8. The van der Waals surface area contributed by atoms with Crippen molar-refractivity contribution in [2.45, 2.75) is 19.8 Å². The predicted molar refractivity (Wildman–Crippen MR) is 84.0 cm³/mol. The monoisotopic (exact) mass is 326 g/mol. The lowest BCUT2D eigenvalue weighted by Crippen LogP contribution is -2.40. The van der Waals surface area contributed by atoms with E-state index in [2.05, 4.69) is 0 Å². The number of rotatable bonds is 6. The van der Waals surface area contributed by atoms with E-state index in [9.17, 15) is 13.2 Å². The normalized spacial score (nSPS) is 19.7. The van der Waals surface area contributed by atoms with Gasteiger partial charge in [-0.15, -0.1) is 0 Å². The molecular weight excluding hydrogens is 304 g/mol. The van der Waals surface area contributed by atoms with Gasteiger partial charge in [-0.25, -0.2) is 4.79 Å². The Hall–Kier alpha value is -1.44. The van der Waals surface area contributed by atoms with Gasteiger partial charge in [-0.3, -0.25) is 0 Å². The number of carbonyl (C=O) groups is 1. The summed E-state index contributed by atoms with van der Waals surface area (Å²) in [7, 11) is -1.75. The van der Waals surface area contributed by atoms with Gasteiger partial charge in [-0.05, 0) is 36.5 Å². The fourth-order valence-electron chi connectivity index (χ4n) is 2.65. The first-order valence-electron chi connectivity index (χ1n) is 7.38. The molecule has 1 aliphatic rings. The van der Waals surface area contributed by atoms with Crippen molar-refractivity contribution in [2.75, 3.05) is 26.7 Å². The second-order valence-corrected chi connectivity index (χ2v) is 7.68. The van der Waals surface area contributed by atoms with Crippen LogP contribution in [0, 0.1) is 5.92 Å². The topological polar surface area (TPSA) is 77.9 Å². The molecular formula is C15H22N2O4S. The first-order valence-corrected chi connectivity index (χ1v) is 8.78. The summed E-state index contributed by atoms with van der Waals surface area (Å²) in [6, 6.07) is 6.79. The molecule has 0 saturated carbocycles. The van der Waals surface area contributed by atoms with E-state index >= 15 is 0 Å². The molecule has 1 N–H and O–H groups in total. The second kappa shape index (κ2) is 6.76. The van der Waals surface area contributed by atoms with Crippen LogP contribution in [0.2, 0.25) is 0 Å². The first-order chi connectivity index (χ1) is 10.3. The summed E-state index contributed by atoms with van der Waals surface area (Å²) < 4.78 is 27.4. The van der Waals surface area contributed by atoms with Crippen LogP contribution < -0.4 is 0 Å². The quantitative estimate of drug-likeness (QED) is 0.858. The Morgan fingerprint density at radius 3 is 2.55 bits per heavy atom. The Bertz CT molecular complexity index is 627. The number of aromatic carboxylic acids is 1. The fraction of sp³-hybridized carbons (Fsp3) is 0.533. The van der Waals surface area contributed by atoms with Crippen LogP contribution in [0.15, 0.2) is 24.3 Å². The van der Waals surface area contributed by atoms with Crippen molar-refractivity contribution in [1.29, 1.82) is 0 Å². The molecule has 1 heterocycles. The van der Waals surface area contributed by atoms with Crippen LogP contribution in [-0.4, -0.2) is 54.8 Å². The molecule has 0 unspecified atom stereocenters. The summed E-state index contributed by atoms with van der Waals surface area (Å²) in [6.45, 7) is 3.34. The molecule has 22 heavy (non-hydrogen) atoms. The maximum Gasteiger partial charge on any atom is 0.335 e. The Kier molecular flexibility index (Phi) is 5.20. The maximum atomic E-state index is 12.3. The van der Waals surface area contributed by atoms with Gasteiger partial charge >= 0.3 is 5.97 Å². The van der Waals surface area contributed by atoms with Gasteiger partial charge in [0.2, 0.25) is 0 Å². The van der Waals surface area contributed by atoms with Crippen LogP contribution in [-0.2, 0) is 16.6 Å². The minimum Gasteiger partial charge on any atom is -0.478 e. The first kappa shape index (κ1) is 16.9. The summed E-state index contributed by atoms with van der Waals surface area (Å²) >= 11 is 0. The van der Waals surface area contributed by atoms with E-state index in [1.165, 1.54) is 8.61 Å². The molecule has 0 amide bonds. The van der Waals surface area contributed by atoms with Crippen LogP contribution >= 0.6 is 0 Å². The molecule has 0 aromatic heterocycles. The van der Waals surface area contributed by atoms with Gasteiger partial charge in [0.25, 0.3) is 10.2 Å². The molecule has 0 spiro atoms. The average molecular weight is 326 g/mol. The smallest absolute Gasteiger partial charge is 0.335 e. The van der Waals surface area contributed by atoms with E-state index in [-0.39, 0.29) is 11.5 Å². The SMILES string of the molecule is CCN(C)S(=O)(=O)N1CC[C@H](Cc2ccc(C(=O)O)cc2)C1. The zero-order valence-corrected chi connectivity index (χ0v) is 13.7. The van der Waals surface area contributed by atoms with Gasteiger partial charge in [0.1, 0.15) is 0 Å². The van der Waals surface area contributed by atoms with E-state index in [1.54, 1.807) is 31.3 Å². The van der Waals surface area contributed by atoms with Crippen LogP contribution in [0.3, 0.4) is 0 Å². The van der Waals surface area contributed by atoms with Crippen LogP contribution in [0.25, 0.3) is 0 Å². The number of hydrogen-bond donors (Lipinski definition) is 1. The van der Waals surface area contributed by atoms with Crippen molar-refractivity contribution in [3.63, 3.8) is 0 Å². The Morgan fingerprint density at radius 2 is 2.00 bits per heavy atom. The number of nitrogens with zero attached hydrogens (tertiary/aromatic N) is 2. The largest absolute Gasteiger partial charge is 0.478 e. The summed E-state index contributed by atoms with van der Waals surface area (Å²) in [5.74, 6) is -0.664. The number of carboxylic acids is 1. The third-order valence-corrected chi connectivity index (χ3v) is 6.17. The molecule has 6 nitrogen and oxygen atoms in total. The van der Waals surface area contributed by atoms with E-state index in [0.717, 1.165) is 18.4 Å². The second-order valence-electron chi connectivity index (χ2n) is 5.64. The van der Waals surface area contributed by atoms with Gasteiger partial charge in [-0.2, -0.15) is 17.0 Å². The number of benzene rings is 1. The van der Waals surface area contributed by atoms with Crippen LogP contribution in [0.1, 0.15) is 29.3 Å². The maximum absolute atomic E-state index is 12.3. The predicted octanol–water partition coefficient (Wildman–Crippen LogP) is 1.45. The zero-order valence-electron chi connectivity index (χ0n) is 12.9. The van der Waals surface area contributed by atoms with E-state index in [0.29, 0.717) is 19.6 Å². The van der Waals surface area contributed by atoms with Gasteiger partial charge in [0.15, 0.2) is 0 Å². The molecule has 1 atom stereocenters. The highest BCUT2D eigenvalue weighted by Crippen LogP contribution is 2.24. The van der Waals surface area contributed by atoms with Crippen molar-refractivity contribution in [3.8, 4) is 0 Å². The van der Waals surface area contributed by atoms with Crippen molar-refractivity contribution >= 4 is 16.2 Å². The third-order valence-electron chi connectivity index (χ3n) is 4.14. The lowest BCUT2D eigenvalue weighted by molar-refractivity contribution is 0.0697. The molecule has 0 radical (unpaired) electrons. The highest BCUT2D eigenvalue weighted by atomic mass is 32.2. The summed E-state index contributed by atoms with van der Waals surface area (Å²) in [6.07, 6.45) is 1.60. The third kappa shape index (κ3) is 3.66. The van der Waals surface area contributed by atoms with Crippen molar-refractivity contribution in [2.24, 2.45) is 5.92 Å². The summed E-state index contributed by atoms with van der Waals surface area (Å²) in [5, 5.41) is 8.88. The van der Waals surface area contributed by atoms with E-state index < -0.39 is 16.2 Å². The van der Waals surface area contributed by atoms with Crippen molar-refractivity contribution < 1.29 is 18.3 Å². The molecule has 0 aliphatic carbocycles. The highest BCUT2D eigenvalue weighted by molar-refractivity contribution is 7.86. The molecule has 1 fully saturated rings. The average Bonchev–Trinajstić information content (AvgIpc) is 2.96. The van der Waals surface area contributed by atoms with Gasteiger partial charge < -0.3 is 5.11 Å². The van der Waals surface area contributed by atoms with Gasteiger partial charge in [0, 0.05) is 26.7 Å². The molecule has 7 heteroatoms. The molecule has 1 aromatic rings. The van der Waals surface area contributed by atoms with Crippen molar-refractivity contribution in [3.05, 3.63) is 35.4 Å². The molecule has 1 aromatic carbocycles. The summed E-state index contributed by atoms with van der Waals surface area (Å²) in [5.41, 5.74) is 1.31. The minimum atomic E-state index is -3.34. The Morgan fingerprint density at radius 1 is 1.36 bits per heavy atom. The van der Waals surface area contributed by atoms with Gasteiger partial charge in [-0.1, -0.05) is 19.1 Å². The molecule has 0 bridgehead atoms. The van der Waals surface area contributed by atoms with E-state index in [1.807, 2.05) is 6.92 Å². The zero-order chi connectivity index (χ0) is 16.3. The Balaban J connectivity index is 1.98. The van der Waals surface area contributed by atoms with Crippen LogP contribution in [0.4, 0.5) is 0 Å². The molecule has 1 saturated heterocycles. The fourth-order valence-corrected chi connectivity index (χ4v) is 4.11. The van der Waals surface area contributed by atoms with E-state index in [4.69, 9.17) is 5.11 Å². The lowest BCUT2D eigenvalue weighted by Gasteiger charge is -2.23. The molecule has 1 aliphatic heterocycles. The highest BCUT2D eigenvalue weighted by Gasteiger charge is 2.33. The minimum absolute atomic E-state index is 0.268. The molecule has 2 rings (SSSR count). The molecule has 122 valence electrons. The van der Waals surface area contributed by atoms with Gasteiger partial charge in [0.05, 0.1) is 5.56 Å². The number of hydrogen-bond acceptors (Lipinski definition) is 3. The Labute approximate surface area is 131 Å². The van der Waals surface area contributed by atoms with Crippen molar-refractivity contribution in [1.82, 2.24) is 8.61 Å². The standard InChI is InChI=1S/C15H22N2O4S/c1-3-16(2)22(20,21)17-9-8-13(11-17)10-12-4-6-14(7-5-12)15(18)19/h4-7,13H,3,8-11H2,1-2H3,(H,18,19)/t13-/m1/s1.